The number of hydrogen-bond donors (Lipinski definition) is 1. The maximum atomic E-state index is 12.3. The monoisotopic (exact) mass is 304 g/mol. The molecule has 0 saturated carbocycles. The Bertz CT molecular complexity index is 543. The van der Waals surface area contributed by atoms with Crippen LogP contribution in [0, 0.1) is 0 Å². The van der Waals surface area contributed by atoms with Crippen molar-refractivity contribution in [3.8, 4) is 0 Å². The molecule has 114 valence electrons. The summed E-state index contributed by atoms with van der Waals surface area (Å²) in [6.45, 7) is 8.59. The minimum absolute atomic E-state index is 0.256. The van der Waals surface area contributed by atoms with Crippen LogP contribution >= 0.6 is 0 Å². The second-order valence-electron chi connectivity index (χ2n) is 6.60. The van der Waals surface area contributed by atoms with Crippen molar-refractivity contribution in [2.45, 2.75) is 51.6 Å². The summed E-state index contributed by atoms with van der Waals surface area (Å²) in [5, 5.41) is 11.1. The molecule has 0 spiro atoms. The van der Waals surface area contributed by atoms with Crippen LogP contribution in [0.1, 0.15) is 31.4 Å². The Hall–Kier alpha value is -1.39. The van der Waals surface area contributed by atoms with Gasteiger partial charge in [0.05, 0.1) is 14.2 Å². The molecule has 0 radical (unpaired) electrons. The maximum absolute atomic E-state index is 12.3. The molecule has 0 bridgehead atoms. The molecule has 2 atom stereocenters. The lowest BCUT2D eigenvalue weighted by molar-refractivity contribution is -0.140. The number of hydrogen-bond acceptors (Lipinski definition) is 3. The highest BCUT2D eigenvalue weighted by atomic mass is 28.3. The van der Waals surface area contributed by atoms with E-state index in [1.807, 2.05) is 37.3 Å². The van der Waals surface area contributed by atoms with Gasteiger partial charge >= 0.3 is 5.97 Å². The van der Waals surface area contributed by atoms with E-state index in [-0.39, 0.29) is 12.1 Å². The number of benzene rings is 1. The first-order valence-electron chi connectivity index (χ1n) is 7.52. The predicted molar refractivity (Wildman–Crippen MR) is 86.6 cm³/mol. The third kappa shape index (κ3) is 3.44. The molecule has 0 aliphatic carbocycles. The van der Waals surface area contributed by atoms with Gasteiger partial charge in [0.25, 0.3) is 0 Å². The van der Waals surface area contributed by atoms with Gasteiger partial charge in [-0.15, -0.1) is 0 Å². The number of esters is 1. The van der Waals surface area contributed by atoms with Crippen LogP contribution in [0.25, 0.3) is 0 Å². The predicted octanol–water partition coefficient (Wildman–Crippen LogP) is 3.62. The van der Waals surface area contributed by atoms with Crippen LogP contribution in [-0.2, 0) is 9.53 Å². The van der Waals surface area contributed by atoms with Gasteiger partial charge in [-0.25, -0.2) is 4.79 Å². The van der Waals surface area contributed by atoms with Gasteiger partial charge in [-0.3, -0.25) is 0 Å². The largest absolute Gasteiger partial charge is 0.450 e. The van der Waals surface area contributed by atoms with Crippen molar-refractivity contribution in [3.05, 3.63) is 46.7 Å². The molecule has 21 heavy (non-hydrogen) atoms. The molecular formula is C17H24O3Si. The summed E-state index contributed by atoms with van der Waals surface area (Å²) in [5.41, 5.74) is 1.72. The van der Waals surface area contributed by atoms with Crippen LogP contribution < -0.4 is 0 Å². The van der Waals surface area contributed by atoms with Crippen molar-refractivity contribution in [2.75, 3.05) is 0 Å². The Kier molecular flexibility index (Phi) is 4.69. The molecule has 1 aromatic rings. The fourth-order valence-corrected chi connectivity index (χ4v) is 4.91. The smallest absolute Gasteiger partial charge is 0.334 e. The molecule has 1 aliphatic heterocycles. The molecule has 1 aliphatic rings. The molecule has 2 unspecified atom stereocenters. The number of cyclic esters (lactones) is 1. The zero-order chi connectivity index (χ0) is 15.6. The Labute approximate surface area is 127 Å². The summed E-state index contributed by atoms with van der Waals surface area (Å²) in [6.07, 6.45) is 0.294. The van der Waals surface area contributed by atoms with E-state index >= 15 is 0 Å². The van der Waals surface area contributed by atoms with E-state index < -0.39 is 14.2 Å². The molecule has 0 saturated heterocycles. The first-order chi connectivity index (χ1) is 9.84. The lowest BCUT2D eigenvalue weighted by Crippen LogP contribution is -2.28. The first-order valence-corrected chi connectivity index (χ1v) is 11.0. The minimum atomic E-state index is -1.73. The van der Waals surface area contributed by atoms with E-state index in [9.17, 15) is 9.90 Å². The van der Waals surface area contributed by atoms with E-state index in [0.29, 0.717) is 18.4 Å². The van der Waals surface area contributed by atoms with Gasteiger partial charge in [-0.1, -0.05) is 56.9 Å². The molecule has 1 N–H and O–H groups in total. The van der Waals surface area contributed by atoms with Gasteiger partial charge in [-0.05, 0) is 17.2 Å². The average molecular weight is 304 g/mol. The van der Waals surface area contributed by atoms with Crippen molar-refractivity contribution < 1.29 is 14.6 Å². The van der Waals surface area contributed by atoms with E-state index in [0.717, 1.165) is 10.8 Å². The third-order valence-electron chi connectivity index (χ3n) is 3.88. The standard InChI is InChI=1S/C17H24O3Si/c1-5-13(18)11-14-16(21(2,3)4)15(20-17(14)19)12-9-7-6-8-10-12/h6-10,13,15,18H,5,11H2,1-4H3. The van der Waals surface area contributed by atoms with E-state index in [1.165, 1.54) is 0 Å². The lowest BCUT2D eigenvalue weighted by Gasteiger charge is -2.25. The van der Waals surface area contributed by atoms with Crippen LogP contribution in [-0.4, -0.2) is 25.3 Å². The Morgan fingerprint density at radius 1 is 1.24 bits per heavy atom. The molecule has 0 fully saturated rings. The van der Waals surface area contributed by atoms with Crippen molar-refractivity contribution in [1.82, 2.24) is 0 Å². The number of aliphatic hydroxyl groups excluding tert-OH is 1. The number of aliphatic hydroxyl groups is 1. The summed E-state index contributed by atoms with van der Waals surface area (Å²) in [6, 6.07) is 9.88. The van der Waals surface area contributed by atoms with Crippen molar-refractivity contribution in [2.24, 2.45) is 0 Å². The van der Waals surface area contributed by atoms with Gasteiger partial charge < -0.3 is 9.84 Å². The normalized spacial score (nSPS) is 20.6. The van der Waals surface area contributed by atoms with Crippen molar-refractivity contribution >= 4 is 14.0 Å². The molecule has 0 amide bonds. The van der Waals surface area contributed by atoms with Crippen LogP contribution in [0.4, 0.5) is 0 Å². The van der Waals surface area contributed by atoms with Crippen LogP contribution in [0.15, 0.2) is 41.1 Å². The topological polar surface area (TPSA) is 46.5 Å². The van der Waals surface area contributed by atoms with Gasteiger partial charge in [-0.2, -0.15) is 0 Å². The van der Waals surface area contributed by atoms with Gasteiger partial charge in [0.2, 0.25) is 0 Å². The summed E-state index contributed by atoms with van der Waals surface area (Å²) in [7, 11) is -1.73. The fourth-order valence-electron chi connectivity index (χ4n) is 2.79. The Balaban J connectivity index is 2.46. The average Bonchev–Trinajstić information content (AvgIpc) is 2.77. The van der Waals surface area contributed by atoms with Crippen LogP contribution in [0.5, 0.6) is 0 Å². The number of carbonyl (C=O) groups excluding carboxylic acids is 1. The van der Waals surface area contributed by atoms with E-state index in [1.54, 1.807) is 0 Å². The van der Waals surface area contributed by atoms with Gasteiger partial charge in [0.15, 0.2) is 0 Å². The summed E-state index contributed by atoms with van der Waals surface area (Å²) < 4.78 is 5.66. The highest BCUT2D eigenvalue weighted by Crippen LogP contribution is 2.41. The van der Waals surface area contributed by atoms with Crippen LogP contribution in [0.2, 0.25) is 19.6 Å². The number of carbonyl (C=O) groups is 1. The highest BCUT2D eigenvalue weighted by molar-refractivity contribution is 6.83. The summed E-state index contributed by atoms with van der Waals surface area (Å²) >= 11 is 0. The molecule has 0 aromatic heterocycles. The zero-order valence-corrected chi connectivity index (χ0v) is 14.2. The Morgan fingerprint density at radius 2 is 1.86 bits per heavy atom. The van der Waals surface area contributed by atoms with E-state index in [4.69, 9.17) is 4.74 Å². The van der Waals surface area contributed by atoms with Crippen molar-refractivity contribution in [1.29, 1.82) is 0 Å². The number of ether oxygens (including phenoxy) is 1. The minimum Gasteiger partial charge on any atom is -0.450 e. The molecule has 3 nitrogen and oxygen atoms in total. The summed E-state index contributed by atoms with van der Waals surface area (Å²) in [4.78, 5) is 12.3. The second-order valence-corrected chi connectivity index (χ2v) is 11.6. The molecular weight excluding hydrogens is 280 g/mol. The third-order valence-corrected chi connectivity index (χ3v) is 6.06. The summed E-state index contributed by atoms with van der Waals surface area (Å²) in [5.74, 6) is -0.256. The molecule has 4 heteroatoms. The Morgan fingerprint density at radius 3 is 2.38 bits per heavy atom. The van der Waals surface area contributed by atoms with Gasteiger partial charge in [0.1, 0.15) is 6.10 Å². The van der Waals surface area contributed by atoms with Crippen LogP contribution in [0.3, 0.4) is 0 Å². The lowest BCUT2D eigenvalue weighted by atomic mass is 10.0. The van der Waals surface area contributed by atoms with Gasteiger partial charge in [0, 0.05) is 12.0 Å². The van der Waals surface area contributed by atoms with Crippen molar-refractivity contribution in [3.63, 3.8) is 0 Å². The molecule has 1 heterocycles. The second kappa shape index (κ2) is 6.16. The van der Waals surface area contributed by atoms with E-state index in [2.05, 4.69) is 19.6 Å². The zero-order valence-electron chi connectivity index (χ0n) is 13.2. The molecule has 1 aromatic carbocycles. The SMILES string of the molecule is CCC(O)CC1=C([Si](C)(C)C)C(c2ccccc2)OC1=O. The fraction of sp³-hybridized carbons (Fsp3) is 0.471. The molecule has 2 rings (SSSR count). The first kappa shape index (κ1) is 16.0. The maximum Gasteiger partial charge on any atom is 0.334 e. The quantitative estimate of drug-likeness (QED) is 0.667. The highest BCUT2D eigenvalue weighted by Gasteiger charge is 2.41. The number of rotatable bonds is 5.